The number of hydrogen-bond donors (Lipinski definition) is 3. The van der Waals surface area contributed by atoms with E-state index < -0.39 is 18.0 Å². The molecule has 1 amide bonds. The lowest BCUT2D eigenvalue weighted by Gasteiger charge is -2.33. The minimum Gasteiger partial charge on any atom is -0.491 e. The first kappa shape index (κ1) is 24.3. The first-order valence-corrected chi connectivity index (χ1v) is 9.12. The van der Waals surface area contributed by atoms with E-state index in [0.29, 0.717) is 12.3 Å². The van der Waals surface area contributed by atoms with Gasteiger partial charge in [-0.25, -0.2) is 9.59 Å². The van der Waals surface area contributed by atoms with E-state index in [4.69, 9.17) is 24.5 Å². The summed E-state index contributed by atoms with van der Waals surface area (Å²) in [6.45, 7) is 6.49. The number of aliphatic hydroxyl groups excluding tert-OH is 1. The number of carboxylic acids is 2. The Morgan fingerprint density at radius 2 is 1.59 bits per heavy atom. The van der Waals surface area contributed by atoms with Crippen LogP contribution in [0.5, 0.6) is 5.75 Å². The van der Waals surface area contributed by atoms with Crippen LogP contribution in [0, 0.1) is 0 Å². The van der Waals surface area contributed by atoms with Gasteiger partial charge in [-0.3, -0.25) is 9.69 Å². The molecule has 1 aromatic rings. The number of β-amino-alcohol motifs (C(OH)–C–C–N with tert-alkyl or cyclic N) is 1. The lowest BCUT2D eigenvalue weighted by Crippen LogP contribution is -2.47. The first-order chi connectivity index (χ1) is 13.6. The molecule has 2 rings (SSSR count). The highest BCUT2D eigenvalue weighted by atomic mass is 16.5. The molecular weight excluding hydrogens is 382 g/mol. The number of likely N-dealkylation sites (N-methyl/N-ethyl adjacent to an activating group) is 1. The average molecular weight is 411 g/mol. The molecule has 0 bridgehead atoms. The van der Waals surface area contributed by atoms with Crippen LogP contribution >= 0.6 is 0 Å². The summed E-state index contributed by atoms with van der Waals surface area (Å²) in [7, 11) is 3.85. The second-order valence-electron chi connectivity index (χ2n) is 6.75. The van der Waals surface area contributed by atoms with Gasteiger partial charge in [0, 0.05) is 52.4 Å². The van der Waals surface area contributed by atoms with Gasteiger partial charge in [-0.05, 0) is 31.3 Å². The molecule has 10 heteroatoms. The zero-order valence-electron chi connectivity index (χ0n) is 16.9. The summed E-state index contributed by atoms with van der Waals surface area (Å²) >= 11 is 0. The third kappa shape index (κ3) is 9.37. The molecule has 0 saturated carbocycles. The zero-order valence-corrected chi connectivity index (χ0v) is 16.9. The van der Waals surface area contributed by atoms with Crippen molar-refractivity contribution in [2.24, 2.45) is 0 Å². The number of piperazine rings is 1. The molecule has 1 aliphatic heterocycles. The topological polar surface area (TPSA) is 131 Å². The Kier molecular flexibility index (Phi) is 10.1. The monoisotopic (exact) mass is 411 g/mol. The van der Waals surface area contributed by atoms with E-state index in [0.717, 1.165) is 31.9 Å². The Morgan fingerprint density at radius 3 is 2.03 bits per heavy atom. The van der Waals surface area contributed by atoms with Crippen molar-refractivity contribution in [3.63, 3.8) is 0 Å². The summed E-state index contributed by atoms with van der Waals surface area (Å²) in [6.07, 6.45) is -0.502. The molecule has 1 aromatic carbocycles. The van der Waals surface area contributed by atoms with E-state index >= 15 is 0 Å². The third-order valence-electron chi connectivity index (χ3n) is 4.39. The van der Waals surface area contributed by atoms with E-state index in [2.05, 4.69) is 16.8 Å². The Bertz CT molecular complexity index is 661. The number of anilines is 1. The fourth-order valence-corrected chi connectivity index (χ4v) is 2.52. The van der Waals surface area contributed by atoms with Gasteiger partial charge in [0.05, 0.1) is 0 Å². The second kappa shape index (κ2) is 12.0. The fraction of sp³-hybridized carbons (Fsp3) is 0.526. The maximum Gasteiger partial charge on any atom is 0.414 e. The number of benzene rings is 1. The Hall–Kier alpha value is -2.69. The number of carboxylic acid groups (broad SMARTS) is 2. The van der Waals surface area contributed by atoms with Crippen LogP contribution in [0.15, 0.2) is 24.3 Å². The lowest BCUT2D eigenvalue weighted by molar-refractivity contribution is -0.159. The summed E-state index contributed by atoms with van der Waals surface area (Å²) in [6, 6.07) is 7.31. The number of amides is 1. The van der Waals surface area contributed by atoms with Crippen LogP contribution in [0.25, 0.3) is 0 Å². The SMILES string of the molecule is CC(=O)N(C)c1ccc(OCC(O)CN2CCN(C)CC2)cc1.O=C(O)C(=O)O. The van der Waals surface area contributed by atoms with Crippen LogP contribution in [0.2, 0.25) is 0 Å². The van der Waals surface area contributed by atoms with E-state index in [-0.39, 0.29) is 12.5 Å². The number of hydrogen-bond acceptors (Lipinski definition) is 7. The Morgan fingerprint density at radius 1 is 1.07 bits per heavy atom. The fourth-order valence-electron chi connectivity index (χ4n) is 2.52. The minimum atomic E-state index is -1.82. The largest absolute Gasteiger partial charge is 0.491 e. The second-order valence-corrected chi connectivity index (χ2v) is 6.75. The van der Waals surface area contributed by atoms with Crippen LogP contribution in [0.3, 0.4) is 0 Å². The van der Waals surface area contributed by atoms with Gasteiger partial charge in [0.25, 0.3) is 0 Å². The van der Waals surface area contributed by atoms with Gasteiger partial charge in [0.15, 0.2) is 0 Å². The molecular formula is C19H29N3O7. The molecule has 1 atom stereocenters. The van der Waals surface area contributed by atoms with Crippen LogP contribution < -0.4 is 9.64 Å². The highest BCUT2D eigenvalue weighted by Crippen LogP contribution is 2.18. The van der Waals surface area contributed by atoms with E-state index in [1.54, 1.807) is 11.9 Å². The van der Waals surface area contributed by atoms with Crippen molar-refractivity contribution < 1.29 is 34.4 Å². The molecule has 3 N–H and O–H groups in total. The maximum atomic E-state index is 11.3. The normalized spacial score (nSPS) is 15.6. The number of ether oxygens (including phenoxy) is 1. The standard InChI is InChI=1S/C17H27N3O3.C2H2O4/c1-14(21)19(3)15-4-6-17(7-5-15)23-13-16(22)12-20-10-8-18(2)9-11-20;3-1(4)2(5)6/h4-7,16,22H,8-13H2,1-3H3;(H,3,4)(H,5,6). The number of aliphatic carboxylic acids is 2. The molecule has 29 heavy (non-hydrogen) atoms. The first-order valence-electron chi connectivity index (χ1n) is 9.12. The summed E-state index contributed by atoms with van der Waals surface area (Å²) in [5.41, 5.74) is 0.822. The molecule has 0 radical (unpaired) electrons. The van der Waals surface area contributed by atoms with Gasteiger partial charge in [0.1, 0.15) is 18.5 Å². The van der Waals surface area contributed by atoms with Gasteiger partial charge in [0.2, 0.25) is 5.91 Å². The number of nitrogens with zero attached hydrogens (tertiary/aromatic N) is 3. The van der Waals surface area contributed by atoms with Crippen LogP contribution in [-0.4, -0.2) is 102 Å². The maximum absolute atomic E-state index is 11.3. The quantitative estimate of drug-likeness (QED) is 0.545. The number of aliphatic hydroxyl groups is 1. The molecule has 1 aliphatic rings. The summed E-state index contributed by atoms with van der Waals surface area (Å²) in [5.74, 6) is -2.96. The summed E-state index contributed by atoms with van der Waals surface area (Å²) in [5, 5.41) is 24.9. The van der Waals surface area contributed by atoms with Gasteiger partial charge >= 0.3 is 11.9 Å². The van der Waals surface area contributed by atoms with E-state index in [1.807, 2.05) is 24.3 Å². The van der Waals surface area contributed by atoms with Crippen LogP contribution in [0.1, 0.15) is 6.92 Å². The molecule has 1 saturated heterocycles. The number of carbonyl (C=O) groups excluding carboxylic acids is 1. The predicted molar refractivity (Wildman–Crippen MR) is 106 cm³/mol. The highest BCUT2D eigenvalue weighted by Gasteiger charge is 2.17. The molecule has 0 spiro atoms. The van der Waals surface area contributed by atoms with Crippen molar-refractivity contribution in [1.29, 1.82) is 0 Å². The summed E-state index contributed by atoms with van der Waals surface area (Å²) in [4.78, 5) is 35.6. The van der Waals surface area contributed by atoms with Gasteiger partial charge in [-0.15, -0.1) is 0 Å². The lowest BCUT2D eigenvalue weighted by atomic mass is 10.2. The van der Waals surface area contributed by atoms with E-state index in [9.17, 15) is 9.90 Å². The van der Waals surface area contributed by atoms with Crippen molar-refractivity contribution in [1.82, 2.24) is 9.80 Å². The van der Waals surface area contributed by atoms with E-state index in [1.165, 1.54) is 6.92 Å². The van der Waals surface area contributed by atoms with Crippen molar-refractivity contribution in [2.75, 3.05) is 58.3 Å². The van der Waals surface area contributed by atoms with Crippen LogP contribution in [-0.2, 0) is 14.4 Å². The average Bonchev–Trinajstić information content (AvgIpc) is 2.68. The molecule has 1 unspecified atom stereocenters. The molecule has 0 aromatic heterocycles. The van der Waals surface area contributed by atoms with Gasteiger partial charge in [-0.1, -0.05) is 0 Å². The predicted octanol–water partition coefficient (Wildman–Crippen LogP) is -0.188. The van der Waals surface area contributed by atoms with Crippen molar-refractivity contribution in [3.8, 4) is 5.75 Å². The van der Waals surface area contributed by atoms with Crippen LogP contribution in [0.4, 0.5) is 5.69 Å². The third-order valence-corrected chi connectivity index (χ3v) is 4.39. The van der Waals surface area contributed by atoms with Crippen molar-refractivity contribution in [2.45, 2.75) is 13.0 Å². The Balaban J connectivity index is 0.000000612. The smallest absolute Gasteiger partial charge is 0.414 e. The molecule has 1 heterocycles. The van der Waals surface area contributed by atoms with Gasteiger partial charge < -0.3 is 29.9 Å². The zero-order chi connectivity index (χ0) is 22.0. The van der Waals surface area contributed by atoms with Crippen molar-refractivity contribution in [3.05, 3.63) is 24.3 Å². The minimum absolute atomic E-state index is 0.0127. The molecule has 162 valence electrons. The molecule has 0 aliphatic carbocycles. The van der Waals surface area contributed by atoms with Crippen molar-refractivity contribution >= 4 is 23.5 Å². The number of rotatable bonds is 6. The number of carbonyl (C=O) groups is 3. The van der Waals surface area contributed by atoms with Gasteiger partial charge in [-0.2, -0.15) is 0 Å². The molecule has 1 fully saturated rings. The highest BCUT2D eigenvalue weighted by molar-refractivity contribution is 6.27. The summed E-state index contributed by atoms with van der Waals surface area (Å²) < 4.78 is 5.64. The Labute approximate surface area is 169 Å². The molecule has 10 nitrogen and oxygen atoms in total.